The van der Waals surface area contributed by atoms with E-state index in [9.17, 15) is 9.90 Å². The Bertz CT molecular complexity index is 777. The summed E-state index contributed by atoms with van der Waals surface area (Å²) in [6, 6.07) is 14.5. The summed E-state index contributed by atoms with van der Waals surface area (Å²) in [5.41, 5.74) is 1.66. The number of nitrogens with one attached hydrogen (secondary N) is 1. The molecule has 0 saturated carbocycles. The van der Waals surface area contributed by atoms with E-state index in [0.29, 0.717) is 12.2 Å². The topological polar surface area (TPSA) is 75.6 Å². The summed E-state index contributed by atoms with van der Waals surface area (Å²) in [5, 5.41) is 12.9. The largest absolute Gasteiger partial charge is 0.467 e. The summed E-state index contributed by atoms with van der Waals surface area (Å²) in [4.78, 5) is 12.5. The fourth-order valence-electron chi connectivity index (χ4n) is 2.61. The van der Waals surface area contributed by atoms with Gasteiger partial charge in [-0.3, -0.25) is 4.79 Å². The zero-order chi connectivity index (χ0) is 16.9. The second-order valence-corrected chi connectivity index (χ2v) is 5.67. The number of hydrogen-bond donors (Lipinski definition) is 2. The average Bonchev–Trinajstić information content (AvgIpc) is 3.27. The molecule has 3 rings (SSSR count). The van der Waals surface area contributed by atoms with Crippen molar-refractivity contribution in [2.24, 2.45) is 0 Å². The fraction of sp³-hybridized carbons (Fsp3) is 0.211. The Morgan fingerprint density at radius 3 is 2.58 bits per heavy atom. The second kappa shape index (κ2) is 7.19. The number of amides is 1. The maximum absolute atomic E-state index is 12.5. The van der Waals surface area contributed by atoms with Crippen molar-refractivity contribution in [1.82, 2.24) is 5.32 Å². The van der Waals surface area contributed by atoms with Crippen LogP contribution in [0.2, 0.25) is 0 Å². The Labute approximate surface area is 139 Å². The van der Waals surface area contributed by atoms with Crippen molar-refractivity contribution in [2.75, 3.05) is 0 Å². The minimum Gasteiger partial charge on any atom is -0.467 e. The van der Waals surface area contributed by atoms with E-state index in [0.717, 1.165) is 11.1 Å². The van der Waals surface area contributed by atoms with Gasteiger partial charge in [-0.2, -0.15) is 0 Å². The normalized spacial score (nSPS) is 13.4. The molecule has 24 heavy (non-hydrogen) atoms. The number of aliphatic hydroxyl groups excluding tert-OH is 1. The van der Waals surface area contributed by atoms with Crippen LogP contribution in [0, 0.1) is 0 Å². The predicted molar refractivity (Wildman–Crippen MR) is 89.4 cm³/mol. The van der Waals surface area contributed by atoms with Crippen molar-refractivity contribution in [3.8, 4) is 11.1 Å². The van der Waals surface area contributed by atoms with Crippen LogP contribution in [0.4, 0.5) is 0 Å². The maximum atomic E-state index is 12.5. The molecular weight excluding hydrogens is 306 g/mol. The minimum atomic E-state index is -0.763. The highest BCUT2D eigenvalue weighted by Crippen LogP contribution is 2.25. The molecule has 0 aliphatic carbocycles. The van der Waals surface area contributed by atoms with Gasteiger partial charge in [0.15, 0.2) is 5.76 Å². The molecule has 0 saturated heterocycles. The van der Waals surface area contributed by atoms with E-state index in [4.69, 9.17) is 8.83 Å². The number of rotatable bonds is 6. The molecule has 1 aromatic carbocycles. The predicted octanol–water partition coefficient (Wildman–Crippen LogP) is 3.78. The summed E-state index contributed by atoms with van der Waals surface area (Å²) in [7, 11) is 0. The highest BCUT2D eigenvalue weighted by molar-refractivity contribution is 5.98. The van der Waals surface area contributed by atoms with Gasteiger partial charge in [0.2, 0.25) is 0 Å². The van der Waals surface area contributed by atoms with Crippen LogP contribution in [-0.2, 0) is 0 Å². The van der Waals surface area contributed by atoms with Crippen molar-refractivity contribution < 1.29 is 18.7 Å². The first-order valence-electron chi connectivity index (χ1n) is 7.80. The van der Waals surface area contributed by atoms with E-state index >= 15 is 0 Å². The monoisotopic (exact) mass is 325 g/mol. The molecule has 5 heteroatoms. The van der Waals surface area contributed by atoms with Crippen LogP contribution in [0.15, 0.2) is 69.9 Å². The number of hydrogen-bond acceptors (Lipinski definition) is 4. The molecule has 2 aromatic heterocycles. The molecule has 2 atom stereocenters. The molecule has 1 amide bonds. The molecule has 0 radical (unpaired) electrons. The van der Waals surface area contributed by atoms with Gasteiger partial charge in [-0.25, -0.2) is 0 Å². The van der Waals surface area contributed by atoms with E-state index in [2.05, 4.69) is 5.32 Å². The Morgan fingerprint density at radius 1 is 1.08 bits per heavy atom. The van der Waals surface area contributed by atoms with Crippen LogP contribution in [0.1, 0.15) is 35.8 Å². The quantitative estimate of drug-likeness (QED) is 0.723. The first-order chi connectivity index (χ1) is 11.6. The van der Waals surface area contributed by atoms with Crippen molar-refractivity contribution >= 4 is 5.91 Å². The number of benzene rings is 1. The van der Waals surface area contributed by atoms with Gasteiger partial charge in [0.05, 0.1) is 12.5 Å². The van der Waals surface area contributed by atoms with E-state index < -0.39 is 6.10 Å². The highest BCUT2D eigenvalue weighted by atomic mass is 16.4. The molecule has 0 spiro atoms. The van der Waals surface area contributed by atoms with Crippen LogP contribution in [-0.4, -0.2) is 17.1 Å². The lowest BCUT2D eigenvalue weighted by Crippen LogP contribution is -2.33. The molecule has 5 nitrogen and oxygen atoms in total. The first kappa shape index (κ1) is 16.1. The molecule has 0 fully saturated rings. The van der Waals surface area contributed by atoms with Gasteiger partial charge in [0, 0.05) is 18.0 Å². The maximum Gasteiger partial charge on any atom is 0.287 e. The molecule has 0 bridgehead atoms. The highest BCUT2D eigenvalue weighted by Gasteiger charge is 2.21. The Hall–Kier alpha value is -2.79. The third-order valence-electron chi connectivity index (χ3n) is 3.78. The minimum absolute atomic E-state index is 0.244. The van der Waals surface area contributed by atoms with E-state index in [1.165, 1.54) is 12.5 Å². The van der Waals surface area contributed by atoms with Gasteiger partial charge >= 0.3 is 0 Å². The Morgan fingerprint density at radius 2 is 1.88 bits per heavy atom. The summed E-state index contributed by atoms with van der Waals surface area (Å²) in [6.45, 7) is 1.83. The number of furan rings is 2. The number of carbonyl (C=O) groups is 1. The molecule has 0 aliphatic heterocycles. The molecular formula is C19H19NO4. The number of carbonyl (C=O) groups excluding carboxylic acids is 1. The molecule has 2 heterocycles. The molecule has 2 N–H and O–H groups in total. The Balaban J connectivity index is 1.66. The van der Waals surface area contributed by atoms with E-state index in [1.54, 1.807) is 18.2 Å². The first-order valence-corrected chi connectivity index (χ1v) is 7.80. The second-order valence-electron chi connectivity index (χ2n) is 5.67. The van der Waals surface area contributed by atoms with Crippen molar-refractivity contribution in [3.05, 3.63) is 72.6 Å². The SMILES string of the molecule is C[C@H](C[C@H](O)c1ccco1)NC(=O)c1occc1-c1ccccc1. The summed E-state index contributed by atoms with van der Waals surface area (Å²) < 4.78 is 10.5. The van der Waals surface area contributed by atoms with Crippen LogP contribution in [0.5, 0.6) is 0 Å². The molecule has 0 unspecified atom stereocenters. The van der Waals surface area contributed by atoms with Gasteiger partial charge in [0.1, 0.15) is 11.9 Å². The lowest BCUT2D eigenvalue weighted by atomic mass is 10.1. The third kappa shape index (κ3) is 3.58. The third-order valence-corrected chi connectivity index (χ3v) is 3.78. The van der Waals surface area contributed by atoms with E-state index in [-0.39, 0.29) is 17.7 Å². The summed E-state index contributed by atoms with van der Waals surface area (Å²) in [6.07, 6.45) is 2.59. The van der Waals surface area contributed by atoms with Gasteiger partial charge in [-0.15, -0.1) is 0 Å². The van der Waals surface area contributed by atoms with Gasteiger partial charge < -0.3 is 19.3 Å². The van der Waals surface area contributed by atoms with Crippen LogP contribution >= 0.6 is 0 Å². The Kier molecular flexibility index (Phi) is 4.82. The molecule has 3 aromatic rings. The molecule has 124 valence electrons. The van der Waals surface area contributed by atoms with Crippen LogP contribution in [0.3, 0.4) is 0 Å². The lowest BCUT2D eigenvalue weighted by molar-refractivity contribution is 0.0877. The average molecular weight is 325 g/mol. The smallest absolute Gasteiger partial charge is 0.287 e. The number of aliphatic hydroxyl groups is 1. The van der Waals surface area contributed by atoms with Crippen molar-refractivity contribution in [3.63, 3.8) is 0 Å². The standard InChI is InChI=1S/C19H19NO4/c1-13(12-16(21)17-8-5-10-23-17)20-19(22)18-15(9-11-24-18)14-6-3-2-4-7-14/h2-11,13,16,21H,12H2,1H3,(H,20,22)/t13-,16+/m1/s1. The van der Waals surface area contributed by atoms with Crippen molar-refractivity contribution in [1.29, 1.82) is 0 Å². The van der Waals surface area contributed by atoms with Crippen LogP contribution < -0.4 is 5.32 Å². The van der Waals surface area contributed by atoms with Gasteiger partial charge in [0.25, 0.3) is 5.91 Å². The zero-order valence-corrected chi connectivity index (χ0v) is 13.3. The zero-order valence-electron chi connectivity index (χ0n) is 13.3. The van der Waals surface area contributed by atoms with E-state index in [1.807, 2.05) is 37.3 Å². The van der Waals surface area contributed by atoms with Crippen molar-refractivity contribution in [2.45, 2.75) is 25.5 Å². The van der Waals surface area contributed by atoms with Crippen LogP contribution in [0.25, 0.3) is 11.1 Å². The lowest BCUT2D eigenvalue weighted by Gasteiger charge is -2.16. The van der Waals surface area contributed by atoms with Gasteiger partial charge in [-0.05, 0) is 30.7 Å². The molecule has 0 aliphatic rings. The summed E-state index contributed by atoms with van der Waals surface area (Å²) >= 11 is 0. The fourth-order valence-corrected chi connectivity index (χ4v) is 2.61. The summed E-state index contributed by atoms with van der Waals surface area (Å²) in [5.74, 6) is 0.442. The van der Waals surface area contributed by atoms with Gasteiger partial charge in [-0.1, -0.05) is 30.3 Å².